The molecule has 0 spiro atoms. The Balaban J connectivity index is 1.74. The Morgan fingerprint density at radius 1 is 1.16 bits per heavy atom. The third-order valence-corrected chi connectivity index (χ3v) is 6.81. The quantitative estimate of drug-likeness (QED) is 0.582. The molecule has 0 saturated heterocycles. The maximum atomic E-state index is 13.0. The van der Waals surface area contributed by atoms with Crippen molar-refractivity contribution >= 4 is 16.0 Å². The van der Waals surface area contributed by atoms with Gasteiger partial charge in [0.2, 0.25) is 16.8 Å². The lowest BCUT2D eigenvalue weighted by molar-refractivity contribution is -0.148. The van der Waals surface area contributed by atoms with E-state index < -0.39 is 28.6 Å². The van der Waals surface area contributed by atoms with Crippen molar-refractivity contribution in [2.75, 3.05) is 20.5 Å². The number of aliphatic hydroxyl groups is 1. The molecule has 0 radical (unpaired) electrons. The van der Waals surface area contributed by atoms with Crippen molar-refractivity contribution in [3.8, 4) is 17.2 Å². The van der Waals surface area contributed by atoms with Crippen molar-refractivity contribution in [2.45, 2.75) is 38.3 Å². The molecule has 0 unspecified atom stereocenters. The van der Waals surface area contributed by atoms with Gasteiger partial charge in [0.25, 0.3) is 0 Å². The molecule has 1 aliphatic heterocycles. The average molecular weight is 451 g/mol. The molecule has 0 saturated carbocycles. The number of aryl methyl sites for hydroxylation is 1. The number of nitrogens with one attached hydrogen (secondary N) is 1. The van der Waals surface area contributed by atoms with Crippen LogP contribution in [0.1, 0.15) is 22.3 Å². The second kappa shape index (κ2) is 9.13. The summed E-state index contributed by atoms with van der Waals surface area (Å²) in [5, 5.41) is 9.62. The monoisotopic (exact) mass is 451 g/mol. The number of sulfonamides is 1. The molecule has 0 aliphatic carbocycles. The Morgan fingerprint density at radius 2 is 1.87 bits per heavy atom. The SMILES string of the molecule is COc1cc(C)c(S(=O)(=O)N[C@H](CO)C(=O)OCc2ccc3c(c2)OCO3)c(C)c1C. The van der Waals surface area contributed by atoms with Crippen LogP contribution >= 0.6 is 0 Å². The first-order chi connectivity index (χ1) is 14.7. The summed E-state index contributed by atoms with van der Waals surface area (Å²) in [6.45, 7) is 4.28. The predicted molar refractivity (Wildman–Crippen MR) is 111 cm³/mol. The van der Waals surface area contributed by atoms with Crippen LogP contribution in [-0.2, 0) is 26.2 Å². The van der Waals surface area contributed by atoms with Gasteiger partial charge in [-0.05, 0) is 61.2 Å². The molecule has 2 N–H and O–H groups in total. The van der Waals surface area contributed by atoms with Crippen LogP contribution in [0.25, 0.3) is 0 Å². The maximum Gasteiger partial charge on any atom is 0.326 e. The van der Waals surface area contributed by atoms with Gasteiger partial charge in [0.1, 0.15) is 18.4 Å². The van der Waals surface area contributed by atoms with Gasteiger partial charge in [-0.2, -0.15) is 4.72 Å². The summed E-state index contributed by atoms with van der Waals surface area (Å²) >= 11 is 0. The minimum Gasteiger partial charge on any atom is -0.496 e. The summed E-state index contributed by atoms with van der Waals surface area (Å²) in [7, 11) is -2.61. The normalized spacial score (nSPS) is 13.7. The van der Waals surface area contributed by atoms with E-state index in [-0.39, 0.29) is 18.3 Å². The van der Waals surface area contributed by atoms with E-state index >= 15 is 0 Å². The molecule has 31 heavy (non-hydrogen) atoms. The molecule has 3 rings (SSSR count). The van der Waals surface area contributed by atoms with Crippen LogP contribution in [0.15, 0.2) is 29.2 Å². The van der Waals surface area contributed by atoms with E-state index in [0.717, 1.165) is 0 Å². The molecule has 0 fully saturated rings. The molecule has 168 valence electrons. The first-order valence-corrected chi connectivity index (χ1v) is 11.0. The lowest BCUT2D eigenvalue weighted by Crippen LogP contribution is -2.44. The smallest absolute Gasteiger partial charge is 0.326 e. The molecular weight excluding hydrogens is 426 g/mol. The highest BCUT2D eigenvalue weighted by Gasteiger charge is 2.30. The molecule has 1 heterocycles. The third kappa shape index (κ3) is 4.76. The van der Waals surface area contributed by atoms with Crippen LogP contribution in [0.3, 0.4) is 0 Å². The molecule has 10 heteroatoms. The van der Waals surface area contributed by atoms with Crippen LogP contribution in [-0.4, -0.2) is 46.0 Å². The Bertz CT molecular complexity index is 1100. The van der Waals surface area contributed by atoms with Crippen molar-refractivity contribution in [3.05, 3.63) is 46.5 Å². The van der Waals surface area contributed by atoms with Crippen molar-refractivity contribution < 1.29 is 37.3 Å². The van der Waals surface area contributed by atoms with Crippen LogP contribution < -0.4 is 18.9 Å². The molecule has 1 aliphatic rings. The number of hydrogen-bond acceptors (Lipinski definition) is 8. The van der Waals surface area contributed by atoms with E-state index in [2.05, 4.69) is 4.72 Å². The van der Waals surface area contributed by atoms with E-state index in [4.69, 9.17) is 18.9 Å². The Morgan fingerprint density at radius 3 is 2.55 bits per heavy atom. The summed E-state index contributed by atoms with van der Waals surface area (Å²) in [5.74, 6) is 0.797. The first kappa shape index (κ1) is 22.9. The topological polar surface area (TPSA) is 120 Å². The molecule has 0 amide bonds. The fourth-order valence-electron chi connectivity index (χ4n) is 3.34. The minimum atomic E-state index is -4.12. The maximum absolute atomic E-state index is 13.0. The van der Waals surface area contributed by atoms with Crippen molar-refractivity contribution in [1.29, 1.82) is 0 Å². The lowest BCUT2D eigenvalue weighted by atomic mass is 10.1. The predicted octanol–water partition coefficient (Wildman–Crippen LogP) is 1.73. The van der Waals surface area contributed by atoms with E-state index in [1.165, 1.54) is 7.11 Å². The molecule has 1 atom stereocenters. The fraction of sp³-hybridized carbons (Fsp3) is 0.381. The van der Waals surface area contributed by atoms with Gasteiger partial charge in [-0.3, -0.25) is 4.79 Å². The standard InChI is InChI=1S/C21H25NO8S/c1-12-7-18(27-4)13(2)14(3)20(12)31(25,26)22-16(9-23)21(24)28-10-15-5-6-17-19(8-15)30-11-29-17/h5-8,16,22-23H,9-11H2,1-4H3/t16-/m1/s1. The van der Waals surface area contributed by atoms with Crippen LogP contribution in [0.2, 0.25) is 0 Å². The van der Waals surface area contributed by atoms with Gasteiger partial charge >= 0.3 is 5.97 Å². The highest BCUT2D eigenvalue weighted by molar-refractivity contribution is 7.89. The van der Waals surface area contributed by atoms with E-state index in [1.807, 2.05) is 0 Å². The number of esters is 1. The molecule has 0 bridgehead atoms. The van der Waals surface area contributed by atoms with Crippen molar-refractivity contribution in [3.63, 3.8) is 0 Å². The number of carbonyl (C=O) groups is 1. The lowest BCUT2D eigenvalue weighted by Gasteiger charge is -2.20. The Hall–Kier alpha value is -2.82. The van der Waals surface area contributed by atoms with E-state index in [0.29, 0.717) is 39.5 Å². The van der Waals surface area contributed by atoms with Gasteiger partial charge in [-0.1, -0.05) is 6.07 Å². The van der Waals surface area contributed by atoms with E-state index in [9.17, 15) is 18.3 Å². The summed E-state index contributed by atoms with van der Waals surface area (Å²) in [4.78, 5) is 12.5. The largest absolute Gasteiger partial charge is 0.496 e. The number of carbonyl (C=O) groups excluding carboxylic acids is 1. The molecular formula is C21H25NO8S. The molecule has 0 aromatic heterocycles. The highest BCUT2D eigenvalue weighted by Crippen LogP contribution is 2.33. The highest BCUT2D eigenvalue weighted by atomic mass is 32.2. The van der Waals surface area contributed by atoms with Crippen LogP contribution in [0.4, 0.5) is 0 Å². The van der Waals surface area contributed by atoms with Crippen molar-refractivity contribution in [1.82, 2.24) is 4.72 Å². The number of aliphatic hydroxyl groups excluding tert-OH is 1. The molecule has 2 aromatic carbocycles. The zero-order valence-corrected chi connectivity index (χ0v) is 18.5. The Labute approximate surface area is 180 Å². The van der Waals surface area contributed by atoms with Gasteiger partial charge in [0, 0.05) is 0 Å². The van der Waals surface area contributed by atoms with Gasteiger partial charge in [0.05, 0.1) is 18.6 Å². The van der Waals surface area contributed by atoms with Crippen LogP contribution in [0, 0.1) is 20.8 Å². The van der Waals surface area contributed by atoms with Crippen LogP contribution in [0.5, 0.6) is 17.2 Å². The number of methoxy groups -OCH3 is 1. The minimum absolute atomic E-state index is 0.0350. The summed E-state index contributed by atoms with van der Waals surface area (Å²) in [5.41, 5.74) is 2.25. The zero-order chi connectivity index (χ0) is 22.8. The number of ether oxygens (including phenoxy) is 4. The zero-order valence-electron chi connectivity index (χ0n) is 17.7. The third-order valence-electron chi connectivity index (χ3n) is 5.05. The second-order valence-electron chi connectivity index (χ2n) is 7.13. The second-order valence-corrected chi connectivity index (χ2v) is 8.78. The summed E-state index contributed by atoms with van der Waals surface area (Å²) in [6.07, 6.45) is 0. The number of benzene rings is 2. The first-order valence-electron chi connectivity index (χ1n) is 9.51. The van der Waals surface area contributed by atoms with Crippen molar-refractivity contribution in [2.24, 2.45) is 0 Å². The molecule has 2 aromatic rings. The van der Waals surface area contributed by atoms with Gasteiger partial charge < -0.3 is 24.1 Å². The number of rotatable bonds is 8. The average Bonchev–Trinajstić information content (AvgIpc) is 3.20. The molecule has 9 nitrogen and oxygen atoms in total. The Kier molecular flexibility index (Phi) is 6.73. The number of fused-ring (bicyclic) bond motifs is 1. The summed E-state index contributed by atoms with van der Waals surface area (Å²) < 4.78 is 49.2. The fourth-order valence-corrected chi connectivity index (χ4v) is 5.04. The van der Waals surface area contributed by atoms with Gasteiger partial charge in [-0.15, -0.1) is 0 Å². The van der Waals surface area contributed by atoms with E-state index in [1.54, 1.807) is 45.0 Å². The van der Waals surface area contributed by atoms with Gasteiger partial charge in [0.15, 0.2) is 11.5 Å². The number of hydrogen-bond donors (Lipinski definition) is 2. The van der Waals surface area contributed by atoms with Gasteiger partial charge in [-0.25, -0.2) is 8.42 Å². The summed E-state index contributed by atoms with van der Waals surface area (Å²) in [6, 6.07) is 5.21.